The summed E-state index contributed by atoms with van der Waals surface area (Å²) in [5, 5.41) is 3.86. The van der Waals surface area contributed by atoms with Gasteiger partial charge in [-0.1, -0.05) is 12.1 Å². The Labute approximate surface area is 71.8 Å². The molecule has 1 heterocycles. The molecule has 1 aliphatic heterocycles. The zero-order valence-electron chi connectivity index (χ0n) is 7.41. The van der Waals surface area contributed by atoms with Gasteiger partial charge in [-0.3, -0.25) is 4.79 Å². The minimum absolute atomic E-state index is 0.222. The molecule has 12 heavy (non-hydrogen) atoms. The minimum atomic E-state index is -0.249. The first-order valence-electron chi connectivity index (χ1n) is 4.41. The summed E-state index contributed by atoms with van der Waals surface area (Å²) in [6, 6.07) is 0. The molecule has 0 amide bonds. The number of hydrogen-bond donors (Lipinski definition) is 0. The zero-order valence-corrected chi connectivity index (χ0v) is 7.41. The summed E-state index contributed by atoms with van der Waals surface area (Å²) >= 11 is 0. The van der Waals surface area contributed by atoms with Crippen molar-refractivity contribution >= 4 is 11.5 Å². The lowest BCUT2D eigenvalue weighted by Gasteiger charge is -2.26. The third-order valence-corrected chi connectivity index (χ3v) is 2.74. The van der Waals surface area contributed by atoms with Crippen LogP contribution in [0.15, 0.2) is 5.16 Å². The first-order chi connectivity index (χ1) is 5.68. The van der Waals surface area contributed by atoms with Crippen molar-refractivity contribution in [2.75, 3.05) is 0 Å². The molecule has 66 valence electrons. The lowest BCUT2D eigenvalue weighted by Crippen LogP contribution is -2.37. The van der Waals surface area contributed by atoms with Gasteiger partial charge < -0.3 is 4.84 Å². The molecule has 1 saturated carbocycles. The summed E-state index contributed by atoms with van der Waals surface area (Å²) in [4.78, 5) is 16.5. The highest BCUT2D eigenvalue weighted by Gasteiger charge is 2.41. The van der Waals surface area contributed by atoms with E-state index in [9.17, 15) is 4.79 Å². The highest BCUT2D eigenvalue weighted by Crippen LogP contribution is 2.33. The van der Waals surface area contributed by atoms with Gasteiger partial charge in [0.1, 0.15) is 0 Å². The molecule has 3 nitrogen and oxygen atoms in total. The molecular formula is C9H13NO2. The van der Waals surface area contributed by atoms with Crippen LogP contribution in [0.3, 0.4) is 0 Å². The highest BCUT2D eigenvalue weighted by molar-refractivity contribution is 5.95. The molecule has 0 spiro atoms. The standard InChI is InChI=1S/C9H13NO2/c1-5-3-7-6(2)10-12-9(7)8(11)4-5/h5,7,9H,3-4H2,1-2H3. The number of carbonyl (C=O) groups is 1. The van der Waals surface area contributed by atoms with Gasteiger partial charge in [-0.15, -0.1) is 0 Å². The second-order valence-electron chi connectivity index (χ2n) is 3.88. The zero-order chi connectivity index (χ0) is 8.72. The predicted molar refractivity (Wildman–Crippen MR) is 44.9 cm³/mol. The molecule has 3 unspecified atom stereocenters. The van der Waals surface area contributed by atoms with E-state index in [4.69, 9.17) is 4.84 Å². The number of nitrogens with zero attached hydrogens (tertiary/aromatic N) is 1. The Morgan fingerprint density at radius 3 is 3.08 bits per heavy atom. The van der Waals surface area contributed by atoms with Crippen LogP contribution in [0.1, 0.15) is 26.7 Å². The van der Waals surface area contributed by atoms with Crippen molar-refractivity contribution < 1.29 is 9.63 Å². The number of ketones is 1. The smallest absolute Gasteiger partial charge is 0.193 e. The third-order valence-electron chi connectivity index (χ3n) is 2.74. The van der Waals surface area contributed by atoms with Crippen LogP contribution in [0.2, 0.25) is 0 Å². The summed E-state index contributed by atoms with van der Waals surface area (Å²) in [5.74, 6) is 0.978. The van der Waals surface area contributed by atoms with Crippen LogP contribution in [0.4, 0.5) is 0 Å². The van der Waals surface area contributed by atoms with Crippen LogP contribution in [-0.4, -0.2) is 17.6 Å². The van der Waals surface area contributed by atoms with Crippen molar-refractivity contribution in [2.24, 2.45) is 17.0 Å². The summed E-state index contributed by atoms with van der Waals surface area (Å²) in [6.45, 7) is 4.05. The van der Waals surface area contributed by atoms with Crippen LogP contribution in [0.25, 0.3) is 0 Å². The second-order valence-corrected chi connectivity index (χ2v) is 3.88. The van der Waals surface area contributed by atoms with Crippen LogP contribution in [-0.2, 0) is 9.63 Å². The van der Waals surface area contributed by atoms with Gasteiger partial charge in [0.2, 0.25) is 0 Å². The average molecular weight is 167 g/mol. The predicted octanol–water partition coefficient (Wildman–Crippen LogP) is 1.38. The Morgan fingerprint density at radius 1 is 1.58 bits per heavy atom. The molecule has 0 aromatic rings. The lowest BCUT2D eigenvalue weighted by atomic mass is 9.78. The molecule has 0 bridgehead atoms. The number of carbonyl (C=O) groups excluding carboxylic acids is 1. The number of rotatable bonds is 0. The van der Waals surface area contributed by atoms with Crippen molar-refractivity contribution in [1.29, 1.82) is 0 Å². The van der Waals surface area contributed by atoms with Crippen molar-refractivity contribution in [3.8, 4) is 0 Å². The summed E-state index contributed by atoms with van der Waals surface area (Å²) in [5.41, 5.74) is 0.986. The van der Waals surface area contributed by atoms with Crippen LogP contribution >= 0.6 is 0 Å². The maximum atomic E-state index is 11.4. The number of Topliss-reactive ketones (excluding diaryl/α,β-unsaturated/α-hetero) is 1. The van der Waals surface area contributed by atoms with E-state index in [1.165, 1.54) is 0 Å². The molecule has 3 atom stereocenters. The Balaban J connectivity index is 2.19. The van der Waals surface area contributed by atoms with E-state index >= 15 is 0 Å². The molecule has 1 fully saturated rings. The van der Waals surface area contributed by atoms with Crippen LogP contribution < -0.4 is 0 Å². The number of hydrogen-bond acceptors (Lipinski definition) is 3. The highest BCUT2D eigenvalue weighted by atomic mass is 16.6. The topological polar surface area (TPSA) is 38.7 Å². The second kappa shape index (κ2) is 2.57. The fourth-order valence-electron chi connectivity index (χ4n) is 2.05. The maximum Gasteiger partial charge on any atom is 0.193 e. The van der Waals surface area contributed by atoms with Gasteiger partial charge in [-0.05, 0) is 19.3 Å². The van der Waals surface area contributed by atoms with Crippen molar-refractivity contribution in [2.45, 2.75) is 32.8 Å². The van der Waals surface area contributed by atoms with Gasteiger partial charge >= 0.3 is 0 Å². The molecular weight excluding hydrogens is 154 g/mol. The molecule has 2 rings (SSSR count). The van der Waals surface area contributed by atoms with Crippen LogP contribution in [0.5, 0.6) is 0 Å². The minimum Gasteiger partial charge on any atom is -0.384 e. The summed E-state index contributed by atoms with van der Waals surface area (Å²) < 4.78 is 0. The van der Waals surface area contributed by atoms with E-state index in [1.54, 1.807) is 0 Å². The fourth-order valence-corrected chi connectivity index (χ4v) is 2.05. The van der Waals surface area contributed by atoms with E-state index in [2.05, 4.69) is 12.1 Å². The maximum absolute atomic E-state index is 11.4. The fraction of sp³-hybridized carbons (Fsp3) is 0.778. The monoisotopic (exact) mass is 167 g/mol. The Kier molecular flexibility index (Phi) is 1.67. The Morgan fingerprint density at radius 2 is 2.33 bits per heavy atom. The summed E-state index contributed by atoms with van der Waals surface area (Å²) in [7, 11) is 0. The molecule has 0 aromatic carbocycles. The van der Waals surface area contributed by atoms with Gasteiger partial charge in [-0.25, -0.2) is 0 Å². The third kappa shape index (κ3) is 1.04. The average Bonchev–Trinajstić information content (AvgIpc) is 2.33. The van der Waals surface area contributed by atoms with Gasteiger partial charge in [0, 0.05) is 12.3 Å². The Hall–Kier alpha value is -0.860. The molecule has 2 aliphatic rings. The lowest BCUT2D eigenvalue weighted by molar-refractivity contribution is -0.134. The van der Waals surface area contributed by atoms with Crippen molar-refractivity contribution in [3.05, 3.63) is 0 Å². The Bertz CT molecular complexity index is 247. The number of oxime groups is 1. The molecule has 0 saturated heterocycles. The van der Waals surface area contributed by atoms with E-state index in [0.29, 0.717) is 12.3 Å². The van der Waals surface area contributed by atoms with Gasteiger partial charge in [0.15, 0.2) is 11.9 Å². The first-order valence-corrected chi connectivity index (χ1v) is 4.41. The van der Waals surface area contributed by atoms with E-state index in [1.807, 2.05) is 6.92 Å². The van der Waals surface area contributed by atoms with Crippen molar-refractivity contribution in [3.63, 3.8) is 0 Å². The largest absolute Gasteiger partial charge is 0.384 e. The normalized spacial score (nSPS) is 40.3. The van der Waals surface area contributed by atoms with Crippen molar-refractivity contribution in [1.82, 2.24) is 0 Å². The van der Waals surface area contributed by atoms with Gasteiger partial charge in [0.05, 0.1) is 5.71 Å². The van der Waals surface area contributed by atoms with Crippen LogP contribution in [0, 0.1) is 11.8 Å². The molecule has 0 radical (unpaired) electrons. The van der Waals surface area contributed by atoms with E-state index in [-0.39, 0.29) is 17.8 Å². The van der Waals surface area contributed by atoms with E-state index < -0.39 is 0 Å². The quantitative estimate of drug-likeness (QED) is 0.546. The van der Waals surface area contributed by atoms with E-state index in [0.717, 1.165) is 12.1 Å². The molecule has 0 N–H and O–H groups in total. The summed E-state index contributed by atoms with van der Waals surface area (Å²) in [6.07, 6.45) is 1.46. The van der Waals surface area contributed by atoms with Gasteiger partial charge in [0.25, 0.3) is 0 Å². The molecule has 0 aromatic heterocycles. The molecule has 3 heteroatoms. The van der Waals surface area contributed by atoms with Gasteiger partial charge in [-0.2, -0.15) is 0 Å². The first kappa shape index (κ1) is 7.77. The SMILES string of the molecule is CC1=NOC2C(=O)CC(C)CC12. The molecule has 1 aliphatic carbocycles. The number of fused-ring (bicyclic) bond motifs is 1.